The maximum atomic E-state index is 14.8. The fraction of sp³-hybridized carbons (Fsp3) is 0.600. The molecule has 364 valence electrons. The summed E-state index contributed by atoms with van der Waals surface area (Å²) in [7, 11) is 5.37. The van der Waals surface area contributed by atoms with Crippen molar-refractivity contribution in [1.82, 2.24) is 40.0 Å². The minimum Gasteiger partial charge on any atom is -0.378 e. The standard InChI is InChI=1S/C50H71N9O7S/c1-12-34(43(51-13-2)32(6)64-11)45-36-24-49(7,8)29-65-30-50(28-60)18-15-19-59(54-50)47(62)37(23-42-52-38(27-67-42)33-16-17-39(35(36)22-33)58(45)14-3)53-46(61)44(31(4)5)56(10)48(63)57-25-40-41(26-57)66-21-20-55(40)9/h12-13,16-17,22,27-28,31-32,37,40-41,44,54H,1,14-15,18-21,23-26,29-30H2,2-11H3,(H,53,61)/b43-34+,51-13?/t32-,37-,40-,41+,44-,50-/m0/s1. The Morgan fingerprint density at radius 1 is 1.19 bits per heavy atom. The average Bonchev–Trinajstić information content (AvgIpc) is 4.04. The van der Waals surface area contributed by atoms with Gasteiger partial charge >= 0.3 is 6.03 Å². The first-order valence-electron chi connectivity index (χ1n) is 23.7. The molecule has 4 amide bonds. The second-order valence-electron chi connectivity index (χ2n) is 19.7. The number of aryl methyl sites for hydroxylation is 1. The molecule has 3 saturated heterocycles. The van der Waals surface area contributed by atoms with E-state index in [1.807, 2.05) is 46.2 Å². The minimum absolute atomic E-state index is 0.0319. The van der Waals surface area contributed by atoms with E-state index in [4.69, 9.17) is 24.2 Å². The lowest BCUT2D eigenvalue weighted by Crippen LogP contribution is -2.66. The number of nitrogens with zero attached hydrogens (tertiary/aromatic N) is 7. The van der Waals surface area contributed by atoms with Crippen molar-refractivity contribution in [3.63, 3.8) is 0 Å². The molecule has 6 heterocycles. The van der Waals surface area contributed by atoms with Crippen LogP contribution in [-0.4, -0.2) is 163 Å². The molecule has 0 saturated carbocycles. The Kier molecular flexibility index (Phi) is 15.6. The van der Waals surface area contributed by atoms with Gasteiger partial charge in [-0.2, -0.15) is 0 Å². The number of aromatic nitrogens is 2. The SMILES string of the molecule is C=C/C(=C(\N=CC)[C@H](C)OC)c1c2c3cc(ccc3n1CC)-c1csc(n1)C[C@H](NC(=O)[C@H](C(C)C)N(C)C(=O)N1C[C@H]3OCCN(C)[C@H]3C1)C(=O)N1CCC[C@](C=O)(COCC(C)(C)C2)N1. The van der Waals surface area contributed by atoms with E-state index in [1.165, 1.54) is 21.2 Å². The summed E-state index contributed by atoms with van der Waals surface area (Å²) in [6, 6.07) is 4.26. The summed E-state index contributed by atoms with van der Waals surface area (Å²) in [6.45, 7) is 22.1. The molecule has 7 rings (SSSR count). The number of hydrazine groups is 1. The maximum Gasteiger partial charge on any atom is 0.320 e. The van der Waals surface area contributed by atoms with Crippen molar-refractivity contribution in [2.75, 3.05) is 67.2 Å². The quantitative estimate of drug-likeness (QED) is 0.141. The van der Waals surface area contributed by atoms with Crippen molar-refractivity contribution < 1.29 is 33.4 Å². The van der Waals surface area contributed by atoms with Crippen LogP contribution in [0.1, 0.15) is 77.6 Å². The molecular formula is C50H71N9O7S. The highest BCUT2D eigenvalue weighted by atomic mass is 32.1. The van der Waals surface area contributed by atoms with Gasteiger partial charge in [-0.25, -0.2) is 15.2 Å². The monoisotopic (exact) mass is 942 g/mol. The van der Waals surface area contributed by atoms with Crippen molar-refractivity contribution in [2.24, 2.45) is 16.3 Å². The molecule has 0 aliphatic carbocycles. The molecule has 16 nitrogen and oxygen atoms in total. The van der Waals surface area contributed by atoms with Gasteiger partial charge in [-0.15, -0.1) is 11.3 Å². The predicted molar refractivity (Wildman–Crippen MR) is 263 cm³/mol. The number of allylic oxidation sites excluding steroid dienone is 2. The number of benzene rings is 1. The number of carbonyl (C=O) groups excluding carboxylic acids is 4. The topological polar surface area (TPSA) is 163 Å². The van der Waals surface area contributed by atoms with Gasteiger partial charge in [-0.05, 0) is 76.1 Å². The van der Waals surface area contributed by atoms with Crippen molar-refractivity contribution in [2.45, 2.75) is 117 Å². The van der Waals surface area contributed by atoms with Crippen molar-refractivity contribution in [1.29, 1.82) is 0 Å². The first kappa shape index (κ1) is 50.1. The molecule has 3 aromatic rings. The molecule has 4 aliphatic rings. The number of hydrogen-bond acceptors (Lipinski definition) is 12. The summed E-state index contributed by atoms with van der Waals surface area (Å²) in [5.74, 6) is -1.14. The highest BCUT2D eigenvalue weighted by Crippen LogP contribution is 2.40. The fourth-order valence-electron chi connectivity index (χ4n) is 10.4. The summed E-state index contributed by atoms with van der Waals surface area (Å²) < 4.78 is 20.7. The summed E-state index contributed by atoms with van der Waals surface area (Å²) in [5, 5.41) is 8.22. The van der Waals surface area contributed by atoms with Crippen molar-refractivity contribution in [3.05, 3.63) is 58.2 Å². The number of urea groups is 1. The molecule has 6 atom stereocenters. The number of methoxy groups -OCH3 is 1. The predicted octanol–water partition coefficient (Wildman–Crippen LogP) is 5.59. The van der Waals surface area contributed by atoms with Gasteiger partial charge in [0.25, 0.3) is 5.91 Å². The molecule has 0 radical (unpaired) electrons. The number of rotatable bonds is 11. The number of morpholine rings is 1. The zero-order valence-corrected chi connectivity index (χ0v) is 41.9. The Labute approximate surface area is 399 Å². The van der Waals surface area contributed by atoms with Gasteiger partial charge in [0.2, 0.25) is 5.91 Å². The number of likely N-dealkylation sites (tertiary alicyclic amines) is 1. The Morgan fingerprint density at radius 3 is 2.64 bits per heavy atom. The lowest BCUT2D eigenvalue weighted by molar-refractivity contribution is -0.147. The van der Waals surface area contributed by atoms with E-state index in [-0.39, 0.29) is 43.2 Å². The molecule has 0 unspecified atom stereocenters. The van der Waals surface area contributed by atoms with Crippen LogP contribution in [-0.2, 0) is 48.0 Å². The molecule has 4 aliphatic heterocycles. The number of aldehydes is 1. The Bertz CT molecular complexity index is 2390. The number of carbonyl (C=O) groups is 4. The van der Waals surface area contributed by atoms with E-state index < -0.39 is 34.9 Å². The normalized spacial score (nSPS) is 25.1. The summed E-state index contributed by atoms with van der Waals surface area (Å²) in [6.07, 6.45) is 5.79. The third-order valence-corrected chi connectivity index (χ3v) is 14.8. The second kappa shape index (κ2) is 20.8. The zero-order valence-electron chi connectivity index (χ0n) is 41.1. The van der Waals surface area contributed by atoms with Crippen molar-refractivity contribution >= 4 is 58.2 Å². The van der Waals surface area contributed by atoms with E-state index in [0.717, 1.165) is 57.5 Å². The molecule has 17 heteroatoms. The lowest BCUT2D eigenvalue weighted by atomic mass is 9.84. The average molecular weight is 942 g/mol. The number of hydrogen-bond donors (Lipinski definition) is 2. The van der Waals surface area contributed by atoms with Crippen LogP contribution in [0.25, 0.3) is 27.7 Å². The number of thiazole rings is 1. The van der Waals surface area contributed by atoms with Crippen LogP contribution in [0.3, 0.4) is 0 Å². The molecule has 3 fully saturated rings. The molecule has 2 N–H and O–H groups in total. The van der Waals surface area contributed by atoms with Gasteiger partial charge in [-0.1, -0.05) is 46.4 Å². The Balaban J connectivity index is 1.28. The third-order valence-electron chi connectivity index (χ3n) is 13.9. The fourth-order valence-corrected chi connectivity index (χ4v) is 11.2. The van der Waals surface area contributed by atoms with Crippen LogP contribution in [0.5, 0.6) is 0 Å². The van der Waals surface area contributed by atoms with Crippen LogP contribution in [0.4, 0.5) is 4.79 Å². The van der Waals surface area contributed by atoms with Crippen LogP contribution in [0.15, 0.2) is 46.9 Å². The van der Waals surface area contributed by atoms with Gasteiger partial charge in [0.15, 0.2) is 0 Å². The van der Waals surface area contributed by atoms with E-state index in [0.29, 0.717) is 63.7 Å². The van der Waals surface area contributed by atoms with Gasteiger partial charge in [0.05, 0.1) is 66.7 Å². The van der Waals surface area contributed by atoms with Gasteiger partial charge < -0.3 is 38.7 Å². The number of amides is 4. The molecule has 6 bridgehead atoms. The van der Waals surface area contributed by atoms with Crippen LogP contribution >= 0.6 is 11.3 Å². The number of likely N-dealkylation sites (N-methyl/N-ethyl adjacent to an activating group) is 2. The van der Waals surface area contributed by atoms with Gasteiger partial charge in [-0.3, -0.25) is 24.5 Å². The van der Waals surface area contributed by atoms with Gasteiger partial charge in [0.1, 0.15) is 23.9 Å². The third kappa shape index (κ3) is 10.3. The van der Waals surface area contributed by atoms with E-state index >= 15 is 0 Å². The first-order chi connectivity index (χ1) is 32.0. The minimum atomic E-state index is -1.18. The Hall–Kier alpha value is -4.78. The number of nitrogens with one attached hydrogen (secondary N) is 2. The first-order valence-corrected chi connectivity index (χ1v) is 24.6. The van der Waals surface area contributed by atoms with Crippen LogP contribution in [0, 0.1) is 11.3 Å². The molecule has 2 aromatic heterocycles. The second-order valence-corrected chi connectivity index (χ2v) is 20.7. The molecular weight excluding hydrogens is 871 g/mol. The zero-order chi connectivity index (χ0) is 48.4. The smallest absolute Gasteiger partial charge is 0.320 e. The van der Waals surface area contributed by atoms with Gasteiger partial charge in [0, 0.05) is 80.4 Å². The highest BCUT2D eigenvalue weighted by molar-refractivity contribution is 7.10. The largest absolute Gasteiger partial charge is 0.378 e. The summed E-state index contributed by atoms with van der Waals surface area (Å²) in [4.78, 5) is 72.0. The van der Waals surface area contributed by atoms with Crippen LogP contribution < -0.4 is 10.7 Å². The molecule has 67 heavy (non-hydrogen) atoms. The van der Waals surface area contributed by atoms with Crippen molar-refractivity contribution in [3.8, 4) is 11.3 Å². The van der Waals surface area contributed by atoms with Crippen LogP contribution in [0.2, 0.25) is 0 Å². The number of fused-ring (bicyclic) bond motifs is 7. The number of ether oxygens (including phenoxy) is 3. The maximum absolute atomic E-state index is 14.8. The van der Waals surface area contributed by atoms with E-state index in [2.05, 4.69) is 65.8 Å². The summed E-state index contributed by atoms with van der Waals surface area (Å²) in [5.41, 5.74) is 8.12. The number of aliphatic imine (C=N–C) groups is 1. The van der Waals surface area contributed by atoms with E-state index in [9.17, 15) is 19.2 Å². The summed E-state index contributed by atoms with van der Waals surface area (Å²) >= 11 is 1.42. The van der Waals surface area contributed by atoms with E-state index in [1.54, 1.807) is 25.3 Å². The molecule has 1 aromatic carbocycles. The molecule has 0 spiro atoms. The lowest BCUT2D eigenvalue weighted by Gasteiger charge is -2.42. The highest BCUT2D eigenvalue weighted by Gasteiger charge is 2.45. The Morgan fingerprint density at radius 2 is 1.97 bits per heavy atom.